The molecule has 0 spiro atoms. The van der Waals surface area contributed by atoms with Crippen LogP contribution in [0.5, 0.6) is 0 Å². The predicted molar refractivity (Wildman–Crippen MR) is 65.9 cm³/mol. The smallest absolute Gasteiger partial charge is 0.308 e. The fraction of sp³-hybridized carbons (Fsp3) is 0.455. The summed E-state index contributed by atoms with van der Waals surface area (Å²) in [6.45, 7) is 1.88. The number of rotatable bonds is 5. The van der Waals surface area contributed by atoms with Gasteiger partial charge in [0.1, 0.15) is 6.10 Å². The van der Waals surface area contributed by atoms with Crippen LogP contribution in [0.25, 0.3) is 0 Å². The average Bonchev–Trinajstić information content (AvgIpc) is 2.32. The Bertz CT molecular complexity index is 428. The number of carbonyl (C=O) groups is 1. The second kappa shape index (κ2) is 6.53. The first kappa shape index (κ1) is 14.7. The molecule has 0 aliphatic rings. The van der Waals surface area contributed by atoms with Crippen molar-refractivity contribution in [2.75, 3.05) is 12.3 Å². The van der Waals surface area contributed by atoms with Crippen LogP contribution in [0, 0.1) is 0 Å². The van der Waals surface area contributed by atoms with Crippen LogP contribution in [-0.2, 0) is 9.53 Å². The number of nitrogens with zero attached hydrogens (tertiary/aromatic N) is 1. The summed E-state index contributed by atoms with van der Waals surface area (Å²) in [5, 5.41) is 19.6. The summed E-state index contributed by atoms with van der Waals surface area (Å²) in [5.41, 5.74) is 6.01. The van der Waals surface area contributed by atoms with Crippen LogP contribution in [0.15, 0.2) is 12.3 Å². The van der Waals surface area contributed by atoms with Gasteiger partial charge in [-0.1, -0.05) is 11.6 Å². The molecule has 0 saturated carbocycles. The lowest BCUT2D eigenvalue weighted by Crippen LogP contribution is -2.23. The van der Waals surface area contributed by atoms with E-state index in [9.17, 15) is 15.0 Å². The number of nitrogen functional groups attached to an aromatic ring is 1. The van der Waals surface area contributed by atoms with Crippen molar-refractivity contribution in [3.63, 3.8) is 0 Å². The van der Waals surface area contributed by atoms with Crippen LogP contribution in [0.4, 0.5) is 5.69 Å². The Labute approximate surface area is 109 Å². The third kappa shape index (κ3) is 3.83. The Morgan fingerprint density at radius 1 is 1.61 bits per heavy atom. The largest absolute Gasteiger partial charge is 0.466 e. The highest BCUT2D eigenvalue weighted by Gasteiger charge is 2.22. The normalized spacial score (nSPS) is 14.0. The van der Waals surface area contributed by atoms with Crippen LogP contribution < -0.4 is 5.73 Å². The van der Waals surface area contributed by atoms with Gasteiger partial charge < -0.3 is 20.7 Å². The quantitative estimate of drug-likeness (QED) is 0.538. The van der Waals surface area contributed by atoms with E-state index in [2.05, 4.69) is 9.72 Å². The van der Waals surface area contributed by atoms with Gasteiger partial charge in [0.15, 0.2) is 5.15 Å². The van der Waals surface area contributed by atoms with Gasteiger partial charge in [-0.15, -0.1) is 0 Å². The lowest BCUT2D eigenvalue weighted by atomic mass is 10.0. The molecule has 0 saturated heterocycles. The molecule has 100 valence electrons. The maximum atomic E-state index is 11.2. The number of aliphatic hydroxyl groups excluding tert-OH is 2. The molecule has 0 aliphatic heterocycles. The minimum Gasteiger partial charge on any atom is -0.466 e. The Hall–Kier alpha value is -1.37. The van der Waals surface area contributed by atoms with Crippen LogP contribution in [0.2, 0.25) is 5.15 Å². The van der Waals surface area contributed by atoms with E-state index in [1.807, 2.05) is 0 Å². The Morgan fingerprint density at radius 3 is 2.83 bits per heavy atom. The minimum atomic E-state index is -1.29. The molecule has 4 N–H and O–H groups in total. The Kier molecular flexibility index (Phi) is 5.33. The van der Waals surface area contributed by atoms with E-state index < -0.39 is 18.2 Å². The number of aliphatic hydroxyl groups is 2. The van der Waals surface area contributed by atoms with E-state index in [-0.39, 0.29) is 29.4 Å². The summed E-state index contributed by atoms with van der Waals surface area (Å²) in [5.74, 6) is -0.584. The number of nitrogens with two attached hydrogens (primary N) is 1. The molecule has 2 atom stereocenters. The SMILES string of the molecule is CCOC(=O)CC(O)C(O)c1cnc(Cl)c(N)c1. The highest BCUT2D eigenvalue weighted by molar-refractivity contribution is 6.31. The second-order valence-electron chi connectivity index (χ2n) is 3.67. The minimum absolute atomic E-state index is 0.117. The van der Waals surface area contributed by atoms with Crippen molar-refractivity contribution < 1.29 is 19.7 Å². The van der Waals surface area contributed by atoms with E-state index >= 15 is 0 Å². The number of hydrogen-bond acceptors (Lipinski definition) is 6. The number of carbonyl (C=O) groups excluding carboxylic acids is 1. The first-order valence-corrected chi connectivity index (χ1v) is 5.76. The fourth-order valence-electron chi connectivity index (χ4n) is 1.37. The lowest BCUT2D eigenvalue weighted by Gasteiger charge is -2.17. The molecule has 2 unspecified atom stereocenters. The maximum Gasteiger partial charge on any atom is 0.308 e. The van der Waals surface area contributed by atoms with Gasteiger partial charge in [0.05, 0.1) is 24.8 Å². The van der Waals surface area contributed by atoms with E-state index in [0.717, 1.165) is 0 Å². The molecule has 6 nitrogen and oxygen atoms in total. The molecule has 1 heterocycles. The zero-order valence-corrected chi connectivity index (χ0v) is 10.6. The van der Waals surface area contributed by atoms with Gasteiger partial charge in [0.2, 0.25) is 0 Å². The second-order valence-corrected chi connectivity index (χ2v) is 4.03. The molecule has 0 aromatic carbocycles. The van der Waals surface area contributed by atoms with Crippen molar-refractivity contribution >= 4 is 23.3 Å². The molecular weight excluding hydrogens is 260 g/mol. The standard InChI is InChI=1S/C11H15ClN2O4/c1-2-18-9(16)4-8(15)10(17)6-3-7(13)11(12)14-5-6/h3,5,8,10,15,17H,2,4,13H2,1H3. The number of esters is 1. The first-order valence-electron chi connectivity index (χ1n) is 5.38. The summed E-state index contributed by atoms with van der Waals surface area (Å²) in [7, 11) is 0. The van der Waals surface area contributed by atoms with Crippen molar-refractivity contribution in [2.45, 2.75) is 25.6 Å². The van der Waals surface area contributed by atoms with E-state index in [1.165, 1.54) is 12.3 Å². The predicted octanol–water partition coefficient (Wildman–Crippen LogP) is 0.665. The fourth-order valence-corrected chi connectivity index (χ4v) is 1.47. The molecule has 0 bridgehead atoms. The van der Waals surface area contributed by atoms with Gasteiger partial charge in [0.25, 0.3) is 0 Å². The highest BCUT2D eigenvalue weighted by atomic mass is 35.5. The van der Waals surface area contributed by atoms with E-state index in [0.29, 0.717) is 0 Å². The number of halogens is 1. The van der Waals surface area contributed by atoms with Crippen molar-refractivity contribution in [1.29, 1.82) is 0 Å². The van der Waals surface area contributed by atoms with Crippen LogP contribution in [0.3, 0.4) is 0 Å². The summed E-state index contributed by atoms with van der Waals surface area (Å²) in [6.07, 6.45) is -1.58. The molecular formula is C11H15ClN2O4. The first-order chi connectivity index (χ1) is 8.45. The summed E-state index contributed by atoms with van der Waals surface area (Å²) in [6, 6.07) is 1.40. The van der Waals surface area contributed by atoms with Gasteiger partial charge >= 0.3 is 5.97 Å². The highest BCUT2D eigenvalue weighted by Crippen LogP contribution is 2.23. The zero-order chi connectivity index (χ0) is 13.7. The molecule has 0 fully saturated rings. The molecule has 1 aromatic heterocycles. The molecule has 7 heteroatoms. The molecule has 0 aliphatic carbocycles. The van der Waals surface area contributed by atoms with Crippen molar-refractivity contribution in [3.05, 3.63) is 23.0 Å². The van der Waals surface area contributed by atoms with Crippen molar-refractivity contribution in [1.82, 2.24) is 4.98 Å². The van der Waals surface area contributed by atoms with Gasteiger partial charge in [-0.05, 0) is 13.0 Å². The van der Waals surface area contributed by atoms with Gasteiger partial charge in [-0.3, -0.25) is 4.79 Å². The molecule has 18 heavy (non-hydrogen) atoms. The van der Waals surface area contributed by atoms with Gasteiger partial charge in [-0.25, -0.2) is 4.98 Å². The number of ether oxygens (including phenoxy) is 1. The zero-order valence-electron chi connectivity index (χ0n) is 9.84. The molecule has 1 rings (SSSR count). The van der Waals surface area contributed by atoms with E-state index in [1.54, 1.807) is 6.92 Å². The Balaban J connectivity index is 2.70. The van der Waals surface area contributed by atoms with Crippen LogP contribution >= 0.6 is 11.6 Å². The topological polar surface area (TPSA) is 106 Å². The lowest BCUT2D eigenvalue weighted by molar-refractivity contribution is -0.147. The number of hydrogen-bond donors (Lipinski definition) is 3. The summed E-state index contributed by atoms with van der Waals surface area (Å²) in [4.78, 5) is 14.9. The number of pyridine rings is 1. The molecule has 0 radical (unpaired) electrons. The maximum absolute atomic E-state index is 11.2. The van der Waals surface area contributed by atoms with Crippen LogP contribution in [0.1, 0.15) is 25.0 Å². The summed E-state index contributed by atoms with van der Waals surface area (Å²) < 4.78 is 4.67. The van der Waals surface area contributed by atoms with Crippen LogP contribution in [-0.4, -0.2) is 33.9 Å². The van der Waals surface area contributed by atoms with Gasteiger partial charge in [-0.2, -0.15) is 0 Å². The van der Waals surface area contributed by atoms with Crippen molar-refractivity contribution in [2.24, 2.45) is 0 Å². The third-order valence-electron chi connectivity index (χ3n) is 2.27. The third-order valence-corrected chi connectivity index (χ3v) is 2.59. The Morgan fingerprint density at radius 2 is 2.28 bits per heavy atom. The van der Waals surface area contributed by atoms with E-state index in [4.69, 9.17) is 17.3 Å². The monoisotopic (exact) mass is 274 g/mol. The molecule has 0 amide bonds. The average molecular weight is 275 g/mol. The van der Waals surface area contributed by atoms with Crippen molar-refractivity contribution in [3.8, 4) is 0 Å². The molecule has 1 aromatic rings. The number of anilines is 1. The van der Waals surface area contributed by atoms with Gasteiger partial charge in [0, 0.05) is 11.8 Å². The number of aromatic nitrogens is 1. The summed E-state index contributed by atoms with van der Waals surface area (Å²) >= 11 is 5.64.